The van der Waals surface area contributed by atoms with Crippen molar-refractivity contribution in [3.63, 3.8) is 0 Å². The van der Waals surface area contributed by atoms with Crippen molar-refractivity contribution in [2.45, 2.75) is 6.42 Å². The van der Waals surface area contributed by atoms with E-state index in [1.54, 1.807) is 17.5 Å². The van der Waals surface area contributed by atoms with Crippen molar-refractivity contribution in [2.75, 3.05) is 44.3 Å². The van der Waals surface area contributed by atoms with E-state index in [9.17, 15) is 14.4 Å². The van der Waals surface area contributed by atoms with Crippen LogP contribution in [0.1, 0.15) is 4.88 Å². The summed E-state index contributed by atoms with van der Waals surface area (Å²) in [5, 5.41) is 1.95. The molecule has 0 unspecified atom stereocenters. The summed E-state index contributed by atoms with van der Waals surface area (Å²) in [4.78, 5) is 48.9. The number of urea groups is 1. The van der Waals surface area contributed by atoms with Crippen LogP contribution in [0, 0.1) is 0 Å². The van der Waals surface area contributed by atoms with Crippen molar-refractivity contribution in [1.82, 2.24) is 19.7 Å². The fourth-order valence-electron chi connectivity index (χ4n) is 3.41. The number of nitrogens with zero attached hydrogens (tertiary/aromatic N) is 5. The lowest BCUT2D eigenvalue weighted by molar-refractivity contribution is -0.144. The van der Waals surface area contributed by atoms with Gasteiger partial charge >= 0.3 is 17.8 Å². The van der Waals surface area contributed by atoms with Crippen LogP contribution in [0.3, 0.4) is 0 Å². The number of carbonyl (C=O) groups excluding carboxylic acids is 3. The number of hydrogen-bond donors (Lipinski definition) is 0. The number of thiophene rings is 1. The van der Waals surface area contributed by atoms with Crippen LogP contribution in [0.5, 0.6) is 0 Å². The van der Waals surface area contributed by atoms with Gasteiger partial charge in [0, 0.05) is 50.2 Å². The van der Waals surface area contributed by atoms with Crippen LogP contribution in [-0.2, 0) is 16.0 Å². The Morgan fingerprint density at radius 1 is 0.929 bits per heavy atom. The van der Waals surface area contributed by atoms with Gasteiger partial charge in [-0.15, -0.1) is 11.3 Å². The third kappa shape index (κ3) is 3.76. The maximum Gasteiger partial charge on any atom is 0.335 e. The van der Waals surface area contributed by atoms with E-state index in [1.807, 2.05) is 40.6 Å². The Kier molecular flexibility index (Phi) is 5.36. The molecule has 28 heavy (non-hydrogen) atoms. The average Bonchev–Trinajstić information content (AvgIpc) is 3.32. The van der Waals surface area contributed by atoms with Crippen molar-refractivity contribution in [3.8, 4) is 0 Å². The molecule has 8 nitrogen and oxygen atoms in total. The molecule has 4 heterocycles. The highest BCUT2D eigenvalue weighted by Crippen LogP contribution is 2.18. The van der Waals surface area contributed by atoms with E-state index in [4.69, 9.17) is 0 Å². The Morgan fingerprint density at radius 3 is 2.39 bits per heavy atom. The zero-order chi connectivity index (χ0) is 19.5. The lowest BCUT2D eigenvalue weighted by Crippen LogP contribution is -2.51. The van der Waals surface area contributed by atoms with Crippen LogP contribution in [0.4, 0.5) is 10.6 Å². The van der Waals surface area contributed by atoms with Gasteiger partial charge in [-0.1, -0.05) is 12.1 Å². The second-order valence-corrected chi connectivity index (χ2v) is 7.77. The first-order valence-corrected chi connectivity index (χ1v) is 10.1. The predicted molar refractivity (Wildman–Crippen MR) is 105 cm³/mol. The van der Waals surface area contributed by atoms with Crippen LogP contribution in [0.15, 0.2) is 41.9 Å². The molecule has 0 aliphatic carbocycles. The van der Waals surface area contributed by atoms with E-state index in [0.717, 1.165) is 33.6 Å². The van der Waals surface area contributed by atoms with Crippen molar-refractivity contribution in [2.24, 2.45) is 0 Å². The Labute approximate surface area is 167 Å². The topological polar surface area (TPSA) is 77.1 Å². The number of carbonyl (C=O) groups is 3. The molecular formula is C19H21N5O3S. The van der Waals surface area contributed by atoms with Crippen LogP contribution in [0.2, 0.25) is 0 Å². The summed E-state index contributed by atoms with van der Waals surface area (Å²) in [6, 6.07) is 9.16. The molecule has 0 spiro atoms. The van der Waals surface area contributed by atoms with Crippen molar-refractivity contribution >= 4 is 35.0 Å². The van der Waals surface area contributed by atoms with Crippen LogP contribution < -0.4 is 4.90 Å². The second-order valence-electron chi connectivity index (χ2n) is 6.74. The van der Waals surface area contributed by atoms with Gasteiger partial charge < -0.3 is 4.90 Å². The Hall–Kier alpha value is -2.78. The first-order chi connectivity index (χ1) is 13.6. The molecule has 4 amide bonds. The molecule has 2 saturated heterocycles. The van der Waals surface area contributed by atoms with E-state index >= 15 is 0 Å². The van der Waals surface area contributed by atoms with Gasteiger partial charge in [0.05, 0.1) is 6.67 Å². The molecule has 2 fully saturated rings. The van der Waals surface area contributed by atoms with Gasteiger partial charge in [-0.05, 0) is 23.6 Å². The molecule has 0 N–H and O–H groups in total. The minimum Gasteiger partial charge on any atom is -0.354 e. The molecule has 9 heteroatoms. The molecule has 0 aromatic carbocycles. The quantitative estimate of drug-likeness (QED) is 0.538. The van der Waals surface area contributed by atoms with E-state index in [2.05, 4.69) is 9.88 Å². The first kappa shape index (κ1) is 18.6. The maximum atomic E-state index is 12.6. The zero-order valence-corrected chi connectivity index (χ0v) is 16.2. The van der Waals surface area contributed by atoms with E-state index in [1.165, 1.54) is 0 Å². The van der Waals surface area contributed by atoms with E-state index in [0.29, 0.717) is 19.5 Å². The summed E-state index contributed by atoms with van der Waals surface area (Å²) in [6.07, 6.45) is 2.33. The van der Waals surface area contributed by atoms with Gasteiger partial charge in [-0.2, -0.15) is 0 Å². The summed E-state index contributed by atoms with van der Waals surface area (Å²) in [7, 11) is 0. The number of anilines is 1. The van der Waals surface area contributed by atoms with Gasteiger partial charge in [-0.25, -0.2) is 14.7 Å². The Morgan fingerprint density at radius 2 is 1.71 bits per heavy atom. The van der Waals surface area contributed by atoms with Gasteiger partial charge in [0.25, 0.3) is 0 Å². The lowest BCUT2D eigenvalue weighted by atomic mass is 10.3. The summed E-state index contributed by atoms with van der Waals surface area (Å²) in [6.45, 7) is 3.27. The molecular weight excluding hydrogens is 378 g/mol. The summed E-state index contributed by atoms with van der Waals surface area (Å²) < 4.78 is 0. The summed E-state index contributed by atoms with van der Waals surface area (Å²) in [5.74, 6) is -0.539. The first-order valence-electron chi connectivity index (χ1n) is 9.21. The molecule has 4 rings (SSSR count). The number of rotatable bonds is 6. The molecule has 0 atom stereocenters. The van der Waals surface area contributed by atoms with Crippen LogP contribution >= 0.6 is 11.3 Å². The van der Waals surface area contributed by atoms with Crippen molar-refractivity contribution in [1.29, 1.82) is 0 Å². The summed E-state index contributed by atoms with van der Waals surface area (Å²) >= 11 is 1.57. The fraction of sp³-hybridized carbons (Fsp3) is 0.368. The minimum absolute atomic E-state index is 0.148. The maximum absolute atomic E-state index is 12.6. The smallest absolute Gasteiger partial charge is 0.335 e. The van der Waals surface area contributed by atoms with Crippen molar-refractivity contribution in [3.05, 3.63) is 46.8 Å². The monoisotopic (exact) mass is 399 g/mol. The fourth-order valence-corrected chi connectivity index (χ4v) is 4.11. The molecule has 2 aromatic heterocycles. The molecule has 0 saturated carbocycles. The predicted octanol–water partition coefficient (Wildman–Crippen LogP) is 1.26. The molecule has 2 aromatic rings. The standard InChI is InChI=1S/C19H21N5O3S/c25-17-18(26)24(19(27)23(17)8-6-15-4-3-13-28-15)14-21-9-11-22(12-10-21)16-5-1-2-7-20-16/h1-5,7,13H,6,8-12,14H2. The zero-order valence-electron chi connectivity index (χ0n) is 15.4. The molecule has 0 bridgehead atoms. The third-order valence-electron chi connectivity index (χ3n) is 4.98. The number of amides is 4. The van der Waals surface area contributed by atoms with Gasteiger partial charge in [0.1, 0.15) is 5.82 Å². The van der Waals surface area contributed by atoms with E-state index < -0.39 is 17.8 Å². The van der Waals surface area contributed by atoms with Crippen molar-refractivity contribution < 1.29 is 14.4 Å². The van der Waals surface area contributed by atoms with Crippen LogP contribution in [-0.4, -0.2) is 76.9 Å². The van der Waals surface area contributed by atoms with Crippen LogP contribution in [0.25, 0.3) is 0 Å². The van der Waals surface area contributed by atoms with Gasteiger partial charge in [-0.3, -0.25) is 19.4 Å². The number of piperazine rings is 1. The number of aromatic nitrogens is 1. The highest BCUT2D eigenvalue weighted by atomic mass is 32.1. The highest BCUT2D eigenvalue weighted by Gasteiger charge is 2.44. The molecule has 146 valence electrons. The van der Waals surface area contributed by atoms with Gasteiger partial charge in [0.2, 0.25) is 0 Å². The third-order valence-corrected chi connectivity index (χ3v) is 5.92. The minimum atomic E-state index is -0.733. The molecule has 0 radical (unpaired) electrons. The average molecular weight is 399 g/mol. The number of pyridine rings is 1. The number of hydrogen-bond acceptors (Lipinski definition) is 7. The summed E-state index contributed by atoms with van der Waals surface area (Å²) in [5.41, 5.74) is 0. The SMILES string of the molecule is O=C1C(=O)N(CN2CCN(c3ccccn3)CC2)C(=O)N1CCc1cccs1. The molecule has 2 aliphatic heterocycles. The normalized spacial score (nSPS) is 18.4. The lowest BCUT2D eigenvalue weighted by Gasteiger charge is -2.36. The Balaban J connectivity index is 1.32. The molecule has 2 aliphatic rings. The number of imide groups is 2. The largest absolute Gasteiger partial charge is 0.354 e. The Bertz CT molecular complexity index is 850. The highest BCUT2D eigenvalue weighted by molar-refractivity contribution is 7.09. The van der Waals surface area contributed by atoms with E-state index in [-0.39, 0.29) is 13.2 Å². The second kappa shape index (κ2) is 8.07. The van der Waals surface area contributed by atoms with Gasteiger partial charge in [0.15, 0.2) is 0 Å².